The van der Waals surface area contributed by atoms with Crippen molar-refractivity contribution in [2.24, 2.45) is 16.2 Å². The topological polar surface area (TPSA) is 116 Å². The maximum Gasteiger partial charge on any atom is 0.303 e. The van der Waals surface area contributed by atoms with Gasteiger partial charge in [-0.1, -0.05) is 25.3 Å². The third-order valence-electron chi connectivity index (χ3n) is 13.4. The number of hydrogen-bond acceptors (Lipinski definition) is 7. The van der Waals surface area contributed by atoms with Gasteiger partial charge in [-0.3, -0.25) is 9.59 Å². The van der Waals surface area contributed by atoms with Crippen LogP contribution in [-0.2, 0) is 21.5 Å². The molecule has 2 saturated carbocycles. The van der Waals surface area contributed by atoms with Crippen molar-refractivity contribution in [3.8, 4) is 17.0 Å². The Morgan fingerprint density at radius 3 is 2.36 bits per heavy atom. The van der Waals surface area contributed by atoms with Gasteiger partial charge in [0, 0.05) is 98.7 Å². The minimum absolute atomic E-state index is 0.0575. The maximum absolute atomic E-state index is 15.2. The van der Waals surface area contributed by atoms with Crippen molar-refractivity contribution in [1.29, 1.82) is 0 Å². The Hall–Kier alpha value is -3.45. The highest BCUT2D eigenvalue weighted by molar-refractivity contribution is 7.87. The number of benzene rings is 2. The van der Waals surface area contributed by atoms with Crippen LogP contribution in [0.25, 0.3) is 22.2 Å². The number of carbonyl (C=O) groups excluding carboxylic acids is 2. The van der Waals surface area contributed by atoms with Crippen molar-refractivity contribution in [2.45, 2.75) is 56.9 Å². The second kappa shape index (κ2) is 11.0. The Labute approximate surface area is 294 Å². The lowest BCUT2D eigenvalue weighted by Crippen LogP contribution is -2.44. The number of rotatable bonds is 6. The smallest absolute Gasteiger partial charge is 0.303 e. The number of likely N-dealkylation sites (tertiary alicyclic amines) is 2. The van der Waals surface area contributed by atoms with Crippen molar-refractivity contribution in [3.63, 3.8) is 0 Å². The summed E-state index contributed by atoms with van der Waals surface area (Å²) in [7, 11) is 2.72. The SMILES string of the molecule is COc1ccc2c(c1)C1CC1(C(=O)N1CC34CNCC3(CN(C)C4)C1)Cn1c-2c(C2CCCCC2)c2ccc(C(=O)NS(=O)(=O)N(C)C)cc21. The van der Waals surface area contributed by atoms with Gasteiger partial charge in [-0.05, 0) is 73.7 Å². The van der Waals surface area contributed by atoms with E-state index in [1.54, 1.807) is 13.2 Å². The van der Waals surface area contributed by atoms with Gasteiger partial charge in [-0.2, -0.15) is 12.7 Å². The number of amides is 2. The number of nitrogens with one attached hydrogen (secondary N) is 2. The van der Waals surface area contributed by atoms with E-state index >= 15 is 4.79 Å². The molecule has 5 heterocycles. The lowest BCUT2D eigenvalue weighted by atomic mass is 9.71. The zero-order chi connectivity index (χ0) is 34.8. The molecule has 2 aliphatic carbocycles. The van der Waals surface area contributed by atoms with Crippen molar-refractivity contribution < 1.29 is 22.7 Å². The van der Waals surface area contributed by atoms with Gasteiger partial charge in [0.05, 0.1) is 18.2 Å². The summed E-state index contributed by atoms with van der Waals surface area (Å²) in [6, 6.07) is 12.0. The quantitative estimate of drug-likeness (QED) is 0.403. The first-order chi connectivity index (χ1) is 23.9. The second-order valence-corrected chi connectivity index (χ2v) is 18.4. The minimum atomic E-state index is -3.97. The molecule has 4 unspecified atom stereocenters. The van der Waals surface area contributed by atoms with E-state index in [0.29, 0.717) is 12.5 Å². The van der Waals surface area contributed by atoms with E-state index in [9.17, 15) is 13.2 Å². The molecule has 5 fully saturated rings. The standard InChI is InChI=1S/C38H48N6O5S/c1-41(2)50(47,48)40-34(45)25-10-12-28-31(14-25)44-23-38(35(46)43-21-36-17-39-18-37(36,22-43)20-42(3)19-36)16-30(38)29-15-26(49-4)11-13-27(29)33(44)32(28)24-8-6-5-7-9-24/h10-15,24,30,39H,5-9,16-23H2,1-4H3,(H,40,45). The van der Waals surface area contributed by atoms with E-state index in [4.69, 9.17) is 4.74 Å². The van der Waals surface area contributed by atoms with Crippen LogP contribution in [0.3, 0.4) is 0 Å². The molecule has 11 nitrogen and oxygen atoms in total. The Morgan fingerprint density at radius 1 is 0.960 bits per heavy atom. The molecule has 4 atom stereocenters. The molecule has 266 valence electrons. The first-order valence-electron chi connectivity index (χ1n) is 18.2. The summed E-state index contributed by atoms with van der Waals surface area (Å²) in [5, 5.41) is 4.75. The molecule has 2 aromatic carbocycles. The molecule has 6 aliphatic rings. The van der Waals surface area contributed by atoms with Crippen LogP contribution in [0.5, 0.6) is 5.75 Å². The highest BCUT2D eigenvalue weighted by Gasteiger charge is 2.69. The predicted molar refractivity (Wildman–Crippen MR) is 191 cm³/mol. The van der Waals surface area contributed by atoms with E-state index in [1.807, 2.05) is 18.2 Å². The Bertz CT molecular complexity index is 2030. The van der Waals surface area contributed by atoms with E-state index in [-0.39, 0.29) is 28.2 Å². The van der Waals surface area contributed by atoms with Crippen molar-refractivity contribution in [1.82, 2.24) is 28.7 Å². The molecule has 4 aliphatic heterocycles. The van der Waals surface area contributed by atoms with Crippen LogP contribution in [0.15, 0.2) is 36.4 Å². The normalized spacial score (nSPS) is 30.4. The first kappa shape index (κ1) is 32.5. The van der Waals surface area contributed by atoms with Gasteiger partial charge in [-0.25, -0.2) is 4.72 Å². The van der Waals surface area contributed by atoms with Crippen molar-refractivity contribution in [3.05, 3.63) is 53.1 Å². The summed E-state index contributed by atoms with van der Waals surface area (Å²) in [5.74, 6) is 0.777. The van der Waals surface area contributed by atoms with Gasteiger partial charge in [0.1, 0.15) is 5.75 Å². The fourth-order valence-electron chi connectivity index (χ4n) is 10.9. The number of nitrogens with zero attached hydrogens (tertiary/aromatic N) is 4. The summed E-state index contributed by atoms with van der Waals surface area (Å²) < 4.78 is 36.6. The van der Waals surface area contributed by atoms with Crippen LogP contribution in [0.4, 0.5) is 0 Å². The Kier molecular flexibility index (Phi) is 7.16. The number of hydrogen-bond donors (Lipinski definition) is 2. The zero-order valence-corrected chi connectivity index (χ0v) is 30.4. The molecule has 3 saturated heterocycles. The maximum atomic E-state index is 15.2. The number of ether oxygens (including phenoxy) is 1. The van der Waals surface area contributed by atoms with Crippen LogP contribution in [0, 0.1) is 16.2 Å². The predicted octanol–water partition coefficient (Wildman–Crippen LogP) is 3.75. The van der Waals surface area contributed by atoms with Gasteiger partial charge in [0.25, 0.3) is 5.91 Å². The molecule has 0 bridgehead atoms. The fourth-order valence-corrected chi connectivity index (χ4v) is 11.5. The van der Waals surface area contributed by atoms with Crippen LogP contribution in [-0.4, -0.2) is 106 Å². The third kappa shape index (κ3) is 4.53. The van der Waals surface area contributed by atoms with Gasteiger partial charge in [0.2, 0.25) is 5.91 Å². The Morgan fingerprint density at radius 2 is 1.68 bits per heavy atom. The molecule has 2 N–H and O–H groups in total. The van der Waals surface area contributed by atoms with Gasteiger partial charge in [-0.15, -0.1) is 0 Å². The molecule has 50 heavy (non-hydrogen) atoms. The van der Waals surface area contributed by atoms with E-state index in [2.05, 4.69) is 43.6 Å². The molecule has 0 spiro atoms. The zero-order valence-electron chi connectivity index (χ0n) is 29.5. The molecule has 2 amide bonds. The summed E-state index contributed by atoms with van der Waals surface area (Å²) >= 11 is 0. The molecule has 9 rings (SSSR count). The minimum Gasteiger partial charge on any atom is -0.497 e. The first-order valence-corrected chi connectivity index (χ1v) is 19.6. The fraction of sp³-hybridized carbons (Fsp3) is 0.579. The number of aromatic nitrogens is 1. The van der Waals surface area contributed by atoms with Gasteiger partial charge in [0.15, 0.2) is 0 Å². The number of fused-ring (bicyclic) bond motifs is 7. The van der Waals surface area contributed by atoms with Crippen LogP contribution < -0.4 is 14.8 Å². The van der Waals surface area contributed by atoms with Gasteiger partial charge >= 0.3 is 10.2 Å². The highest BCUT2D eigenvalue weighted by Crippen LogP contribution is 2.67. The summed E-state index contributed by atoms with van der Waals surface area (Å²) in [5.41, 5.74) is 5.45. The van der Waals surface area contributed by atoms with E-state index in [0.717, 1.165) is 90.7 Å². The average Bonchev–Trinajstić information content (AvgIpc) is 3.32. The molecule has 1 aromatic heterocycles. The monoisotopic (exact) mass is 700 g/mol. The lowest BCUT2D eigenvalue weighted by Gasteiger charge is -2.29. The van der Waals surface area contributed by atoms with Crippen LogP contribution >= 0.6 is 0 Å². The molecular weight excluding hydrogens is 653 g/mol. The van der Waals surface area contributed by atoms with Gasteiger partial charge < -0.3 is 24.4 Å². The number of carbonyl (C=O) groups is 2. The molecule has 12 heteroatoms. The highest BCUT2D eigenvalue weighted by atomic mass is 32.2. The van der Waals surface area contributed by atoms with E-state index < -0.39 is 21.5 Å². The summed E-state index contributed by atoms with van der Waals surface area (Å²) in [6.45, 7) is 5.98. The second-order valence-electron chi connectivity index (χ2n) is 16.5. The van der Waals surface area contributed by atoms with Crippen LogP contribution in [0.1, 0.15) is 71.8 Å². The largest absolute Gasteiger partial charge is 0.497 e. The Balaban J connectivity index is 1.20. The lowest BCUT2D eigenvalue weighted by molar-refractivity contribution is -0.137. The van der Waals surface area contributed by atoms with Crippen LogP contribution in [0.2, 0.25) is 0 Å². The molecule has 0 radical (unpaired) electrons. The summed E-state index contributed by atoms with van der Waals surface area (Å²) in [6.07, 6.45) is 6.52. The molecule has 3 aromatic rings. The van der Waals surface area contributed by atoms with E-state index in [1.165, 1.54) is 44.5 Å². The van der Waals surface area contributed by atoms with Crippen molar-refractivity contribution in [2.75, 3.05) is 67.5 Å². The van der Waals surface area contributed by atoms with Crippen molar-refractivity contribution >= 4 is 32.9 Å². The third-order valence-corrected chi connectivity index (χ3v) is 14.8. The summed E-state index contributed by atoms with van der Waals surface area (Å²) in [4.78, 5) is 33.3. The average molecular weight is 701 g/mol. The molecular formula is C38H48N6O5S. The number of methoxy groups -OCH3 is 1.